The third-order valence-corrected chi connectivity index (χ3v) is 1.65. The Morgan fingerprint density at radius 2 is 2.50 bits per heavy atom. The number of aliphatic hydroxyl groups excluding tert-OH is 1. The van der Waals surface area contributed by atoms with E-state index in [0.717, 1.165) is 0 Å². The lowest BCUT2D eigenvalue weighted by Crippen LogP contribution is -2.03. The molecule has 0 fully saturated rings. The fourth-order valence-corrected chi connectivity index (χ4v) is 1.08. The van der Waals surface area contributed by atoms with Crippen molar-refractivity contribution >= 4 is 5.97 Å². The van der Waals surface area contributed by atoms with Crippen molar-refractivity contribution in [2.24, 2.45) is 0 Å². The van der Waals surface area contributed by atoms with Crippen molar-refractivity contribution in [3.05, 3.63) is 11.8 Å². The number of carboxylic acids is 1. The number of allylic oxidation sites excluding steroid dienone is 1. The van der Waals surface area contributed by atoms with Gasteiger partial charge in [-0.3, -0.25) is 4.79 Å². The van der Waals surface area contributed by atoms with Crippen LogP contribution in [0.1, 0.15) is 25.7 Å². The summed E-state index contributed by atoms with van der Waals surface area (Å²) in [6.45, 7) is 0. The lowest BCUT2D eigenvalue weighted by molar-refractivity contribution is -0.137. The van der Waals surface area contributed by atoms with Crippen molar-refractivity contribution in [3.8, 4) is 0 Å². The molecule has 12 heavy (non-hydrogen) atoms. The fraction of sp³-hybridized carbons (Fsp3) is 0.625. The molecular weight excluding hydrogens is 160 g/mol. The average Bonchev–Trinajstić information content (AvgIpc) is 2.35. The Balaban J connectivity index is 2.12. The summed E-state index contributed by atoms with van der Waals surface area (Å²) in [6, 6.07) is 0. The Bertz CT molecular complexity index is 197. The quantitative estimate of drug-likeness (QED) is 0.660. The fourth-order valence-electron chi connectivity index (χ4n) is 1.08. The number of ether oxygens (including phenoxy) is 1. The molecule has 0 saturated carbocycles. The maximum Gasteiger partial charge on any atom is 0.303 e. The first kappa shape index (κ1) is 9.06. The molecule has 1 heterocycles. The number of rotatable bonds is 4. The molecule has 1 aliphatic heterocycles. The van der Waals surface area contributed by atoms with Crippen LogP contribution in [0, 0.1) is 0 Å². The summed E-state index contributed by atoms with van der Waals surface area (Å²) in [4.78, 5) is 10.1. The highest BCUT2D eigenvalue weighted by atomic mass is 16.6. The molecule has 0 saturated heterocycles. The van der Waals surface area contributed by atoms with E-state index in [0.29, 0.717) is 25.0 Å². The lowest BCUT2D eigenvalue weighted by Gasteiger charge is -2.05. The molecule has 1 rings (SSSR count). The van der Waals surface area contributed by atoms with Crippen LogP contribution in [-0.2, 0) is 9.53 Å². The van der Waals surface area contributed by atoms with Gasteiger partial charge < -0.3 is 14.9 Å². The number of aliphatic hydroxyl groups is 1. The summed E-state index contributed by atoms with van der Waals surface area (Å²) in [5.41, 5.74) is 0. The Hall–Kier alpha value is -1.03. The highest BCUT2D eigenvalue weighted by Gasteiger charge is 2.14. The molecule has 0 aliphatic carbocycles. The molecule has 0 aromatic rings. The SMILES string of the molecule is O=C(O)CCCC1=CCC(O)O1. The van der Waals surface area contributed by atoms with Crippen LogP contribution in [0.5, 0.6) is 0 Å². The van der Waals surface area contributed by atoms with Crippen LogP contribution in [0.15, 0.2) is 11.8 Å². The first-order valence-corrected chi connectivity index (χ1v) is 3.94. The smallest absolute Gasteiger partial charge is 0.303 e. The number of hydrogen-bond donors (Lipinski definition) is 2. The Morgan fingerprint density at radius 3 is 3.00 bits per heavy atom. The lowest BCUT2D eigenvalue weighted by atomic mass is 10.2. The minimum absolute atomic E-state index is 0.150. The Morgan fingerprint density at radius 1 is 1.75 bits per heavy atom. The molecule has 0 aromatic carbocycles. The van der Waals surface area contributed by atoms with Crippen molar-refractivity contribution in [2.75, 3.05) is 0 Å². The second-order valence-electron chi connectivity index (χ2n) is 2.73. The van der Waals surface area contributed by atoms with Crippen LogP contribution < -0.4 is 0 Å². The van der Waals surface area contributed by atoms with Gasteiger partial charge in [-0.2, -0.15) is 0 Å². The zero-order valence-electron chi connectivity index (χ0n) is 6.69. The molecule has 68 valence electrons. The molecule has 1 aliphatic rings. The van der Waals surface area contributed by atoms with Crippen LogP contribution in [0.25, 0.3) is 0 Å². The molecule has 0 spiro atoms. The van der Waals surface area contributed by atoms with E-state index in [4.69, 9.17) is 14.9 Å². The van der Waals surface area contributed by atoms with E-state index in [9.17, 15) is 4.79 Å². The Labute approximate surface area is 70.5 Å². The van der Waals surface area contributed by atoms with Gasteiger partial charge in [-0.1, -0.05) is 0 Å². The van der Waals surface area contributed by atoms with Gasteiger partial charge in [-0.15, -0.1) is 0 Å². The second kappa shape index (κ2) is 4.11. The zero-order chi connectivity index (χ0) is 8.97. The largest absolute Gasteiger partial charge is 0.481 e. The van der Waals surface area contributed by atoms with Gasteiger partial charge in [0.15, 0.2) is 6.29 Å². The maximum absolute atomic E-state index is 10.1. The van der Waals surface area contributed by atoms with Crippen LogP contribution in [-0.4, -0.2) is 22.5 Å². The summed E-state index contributed by atoms with van der Waals surface area (Å²) in [7, 11) is 0. The van der Waals surface area contributed by atoms with Crippen molar-refractivity contribution in [3.63, 3.8) is 0 Å². The predicted molar refractivity (Wildman–Crippen MR) is 41.3 cm³/mol. The minimum Gasteiger partial charge on any atom is -0.481 e. The molecule has 1 unspecified atom stereocenters. The summed E-state index contributed by atoms with van der Waals surface area (Å²) in [6.07, 6.45) is 2.91. The molecule has 4 heteroatoms. The van der Waals surface area contributed by atoms with E-state index in [1.54, 1.807) is 6.08 Å². The van der Waals surface area contributed by atoms with E-state index in [1.807, 2.05) is 0 Å². The number of aliphatic carboxylic acids is 1. The topological polar surface area (TPSA) is 66.8 Å². The van der Waals surface area contributed by atoms with Crippen LogP contribution in [0.4, 0.5) is 0 Å². The summed E-state index contributed by atoms with van der Waals surface area (Å²) in [5.74, 6) is -0.0853. The van der Waals surface area contributed by atoms with Crippen LogP contribution in [0.2, 0.25) is 0 Å². The molecule has 0 bridgehead atoms. The maximum atomic E-state index is 10.1. The Kier molecular flexibility index (Phi) is 3.10. The van der Waals surface area contributed by atoms with Gasteiger partial charge in [0, 0.05) is 19.3 Å². The van der Waals surface area contributed by atoms with Crippen LogP contribution >= 0.6 is 0 Å². The molecule has 2 N–H and O–H groups in total. The van der Waals surface area contributed by atoms with E-state index in [-0.39, 0.29) is 6.42 Å². The highest BCUT2D eigenvalue weighted by Crippen LogP contribution is 2.19. The number of carboxylic acid groups (broad SMARTS) is 1. The molecule has 0 radical (unpaired) electrons. The van der Waals surface area contributed by atoms with Gasteiger partial charge in [-0.25, -0.2) is 0 Å². The van der Waals surface area contributed by atoms with Gasteiger partial charge in [-0.05, 0) is 12.5 Å². The van der Waals surface area contributed by atoms with Crippen molar-refractivity contribution in [1.29, 1.82) is 0 Å². The van der Waals surface area contributed by atoms with Gasteiger partial charge in [0.25, 0.3) is 0 Å². The standard InChI is InChI=1S/C8H12O4/c9-7(10)3-1-2-6-4-5-8(11)12-6/h4,8,11H,1-3,5H2,(H,9,10). The normalized spacial score (nSPS) is 21.8. The third kappa shape index (κ3) is 2.92. The van der Waals surface area contributed by atoms with Crippen molar-refractivity contribution in [2.45, 2.75) is 32.0 Å². The first-order chi connectivity index (χ1) is 5.68. The number of hydrogen-bond acceptors (Lipinski definition) is 3. The van der Waals surface area contributed by atoms with E-state index in [2.05, 4.69) is 0 Å². The minimum atomic E-state index is -0.797. The molecule has 0 aromatic heterocycles. The van der Waals surface area contributed by atoms with Gasteiger partial charge in [0.2, 0.25) is 0 Å². The van der Waals surface area contributed by atoms with E-state index < -0.39 is 12.3 Å². The van der Waals surface area contributed by atoms with Crippen molar-refractivity contribution < 1.29 is 19.7 Å². The second-order valence-corrected chi connectivity index (χ2v) is 2.73. The molecule has 0 amide bonds. The summed E-state index contributed by atoms with van der Waals surface area (Å²) >= 11 is 0. The molecule has 1 atom stereocenters. The summed E-state index contributed by atoms with van der Waals surface area (Å²) < 4.78 is 4.97. The summed E-state index contributed by atoms with van der Waals surface area (Å²) in [5, 5.41) is 17.2. The van der Waals surface area contributed by atoms with Crippen LogP contribution in [0.3, 0.4) is 0 Å². The van der Waals surface area contributed by atoms with Gasteiger partial charge in [0.1, 0.15) is 0 Å². The molecular formula is C8H12O4. The van der Waals surface area contributed by atoms with Crippen molar-refractivity contribution in [1.82, 2.24) is 0 Å². The zero-order valence-corrected chi connectivity index (χ0v) is 6.69. The van der Waals surface area contributed by atoms with E-state index in [1.165, 1.54) is 0 Å². The first-order valence-electron chi connectivity index (χ1n) is 3.94. The third-order valence-electron chi connectivity index (χ3n) is 1.65. The van der Waals surface area contributed by atoms with Gasteiger partial charge >= 0.3 is 5.97 Å². The predicted octanol–water partition coefficient (Wildman–Crippen LogP) is 0.864. The number of carbonyl (C=O) groups is 1. The monoisotopic (exact) mass is 172 g/mol. The average molecular weight is 172 g/mol. The highest BCUT2D eigenvalue weighted by molar-refractivity contribution is 5.66. The molecule has 4 nitrogen and oxygen atoms in total. The van der Waals surface area contributed by atoms with Gasteiger partial charge in [0.05, 0.1) is 5.76 Å². The van der Waals surface area contributed by atoms with E-state index >= 15 is 0 Å².